The second-order valence-electron chi connectivity index (χ2n) is 4.56. The summed E-state index contributed by atoms with van der Waals surface area (Å²) in [5, 5.41) is 10.6. The smallest absolute Gasteiger partial charge is 0.162 e. The fourth-order valence-electron chi connectivity index (χ4n) is 2.19. The van der Waals surface area contributed by atoms with Crippen molar-refractivity contribution in [1.29, 1.82) is 0 Å². The molecule has 3 nitrogen and oxygen atoms in total. The van der Waals surface area contributed by atoms with Crippen molar-refractivity contribution >= 4 is 23.2 Å². The van der Waals surface area contributed by atoms with E-state index in [1.54, 1.807) is 18.2 Å². The molecule has 1 N–H and O–H groups in total. The van der Waals surface area contributed by atoms with Crippen molar-refractivity contribution in [3.63, 3.8) is 0 Å². The van der Waals surface area contributed by atoms with Crippen LogP contribution in [-0.4, -0.2) is 18.3 Å². The molecule has 0 radical (unpaired) electrons. The molecule has 1 aliphatic rings. The molecule has 0 aromatic heterocycles. The van der Waals surface area contributed by atoms with E-state index in [1.807, 2.05) is 0 Å². The lowest BCUT2D eigenvalue weighted by atomic mass is 10.0. The van der Waals surface area contributed by atoms with Crippen molar-refractivity contribution in [3.8, 4) is 11.5 Å². The molecule has 0 amide bonds. The normalized spacial score (nSPS) is 14.9. The molecule has 1 heterocycles. The fourth-order valence-corrected chi connectivity index (χ4v) is 2.67. The second kappa shape index (κ2) is 5.72. The van der Waals surface area contributed by atoms with E-state index in [0.29, 0.717) is 35.3 Å². The number of fused-ring (bicyclic) bond motifs is 1. The van der Waals surface area contributed by atoms with E-state index < -0.39 is 11.9 Å². The van der Waals surface area contributed by atoms with Crippen molar-refractivity contribution in [2.45, 2.75) is 6.10 Å². The molecule has 1 atom stereocenters. The van der Waals surface area contributed by atoms with Gasteiger partial charge in [0.05, 0.1) is 10.0 Å². The molecule has 0 saturated heterocycles. The summed E-state index contributed by atoms with van der Waals surface area (Å²) in [6, 6.07) is 7.41. The molecule has 0 bridgehead atoms. The summed E-state index contributed by atoms with van der Waals surface area (Å²) in [7, 11) is 0. The van der Waals surface area contributed by atoms with Crippen molar-refractivity contribution in [3.05, 3.63) is 57.3 Å². The van der Waals surface area contributed by atoms with Crippen LogP contribution >= 0.6 is 23.2 Å². The SMILES string of the molecule is OC(c1cc2c(cc1Cl)OCCO2)c1cccc(F)c1Cl. The largest absolute Gasteiger partial charge is 0.486 e. The van der Waals surface area contributed by atoms with Crippen molar-refractivity contribution in [2.24, 2.45) is 0 Å². The maximum absolute atomic E-state index is 13.5. The zero-order valence-corrected chi connectivity index (χ0v) is 12.3. The van der Waals surface area contributed by atoms with Crippen LogP contribution in [0, 0.1) is 5.82 Å². The topological polar surface area (TPSA) is 38.7 Å². The molecule has 1 aliphatic heterocycles. The monoisotopic (exact) mass is 328 g/mol. The molecule has 2 aromatic rings. The average Bonchev–Trinajstić information content (AvgIpc) is 2.48. The van der Waals surface area contributed by atoms with Gasteiger partial charge in [0, 0.05) is 17.2 Å². The first-order chi connectivity index (χ1) is 10.1. The summed E-state index contributed by atoms with van der Waals surface area (Å²) in [5.41, 5.74) is 0.628. The Morgan fingerprint density at radius 3 is 2.43 bits per heavy atom. The quantitative estimate of drug-likeness (QED) is 0.906. The lowest BCUT2D eigenvalue weighted by Gasteiger charge is -2.22. The van der Waals surface area contributed by atoms with Crippen molar-refractivity contribution in [1.82, 2.24) is 0 Å². The predicted molar refractivity (Wildman–Crippen MR) is 77.9 cm³/mol. The van der Waals surface area contributed by atoms with Gasteiger partial charge in [-0.15, -0.1) is 0 Å². The molecular weight excluding hydrogens is 318 g/mol. The van der Waals surface area contributed by atoms with Crippen molar-refractivity contribution in [2.75, 3.05) is 13.2 Å². The number of hydrogen-bond donors (Lipinski definition) is 1. The van der Waals surface area contributed by atoms with Gasteiger partial charge in [-0.25, -0.2) is 4.39 Å². The van der Waals surface area contributed by atoms with Crippen LogP contribution in [-0.2, 0) is 0 Å². The number of hydrogen-bond acceptors (Lipinski definition) is 3. The first-order valence-electron chi connectivity index (χ1n) is 6.29. The highest BCUT2D eigenvalue weighted by molar-refractivity contribution is 6.32. The third kappa shape index (κ3) is 2.67. The van der Waals surface area contributed by atoms with Gasteiger partial charge in [0.1, 0.15) is 25.1 Å². The Hall–Kier alpha value is -1.49. The number of ether oxygens (including phenoxy) is 2. The summed E-state index contributed by atoms with van der Waals surface area (Å²) in [6.07, 6.45) is -1.16. The van der Waals surface area contributed by atoms with Gasteiger partial charge in [-0.1, -0.05) is 35.3 Å². The van der Waals surface area contributed by atoms with Gasteiger partial charge in [0.2, 0.25) is 0 Å². The maximum atomic E-state index is 13.5. The van der Waals surface area contributed by atoms with E-state index >= 15 is 0 Å². The highest BCUT2D eigenvalue weighted by atomic mass is 35.5. The molecule has 1 unspecified atom stereocenters. The van der Waals surface area contributed by atoms with Gasteiger partial charge in [-0.3, -0.25) is 0 Å². The first kappa shape index (κ1) is 14.4. The maximum Gasteiger partial charge on any atom is 0.162 e. The van der Waals surface area contributed by atoms with Crippen LogP contribution < -0.4 is 9.47 Å². The number of aliphatic hydroxyl groups is 1. The second-order valence-corrected chi connectivity index (χ2v) is 5.35. The number of aliphatic hydroxyl groups excluding tert-OH is 1. The summed E-state index contributed by atoms with van der Waals surface area (Å²) in [5.74, 6) is 0.418. The summed E-state index contributed by atoms with van der Waals surface area (Å²) < 4.78 is 24.4. The highest BCUT2D eigenvalue weighted by Crippen LogP contribution is 2.40. The standard InChI is InChI=1S/C15H11Cl2FO3/c16-10-7-13-12(20-4-5-21-13)6-9(10)15(19)8-2-1-3-11(18)14(8)17/h1-3,6-7,15,19H,4-5H2. The van der Waals surface area contributed by atoms with Crippen LogP contribution in [0.5, 0.6) is 11.5 Å². The highest BCUT2D eigenvalue weighted by Gasteiger charge is 2.22. The Balaban J connectivity index is 2.05. The molecule has 21 heavy (non-hydrogen) atoms. The molecule has 0 aliphatic carbocycles. The van der Waals surface area contributed by atoms with E-state index in [1.165, 1.54) is 12.1 Å². The number of halogens is 3. The minimum Gasteiger partial charge on any atom is -0.486 e. The zero-order chi connectivity index (χ0) is 15.0. The van der Waals surface area contributed by atoms with Gasteiger partial charge in [0.25, 0.3) is 0 Å². The third-order valence-corrected chi connectivity index (χ3v) is 3.96. The summed E-state index contributed by atoms with van der Waals surface area (Å²) >= 11 is 12.1. The van der Waals surface area contributed by atoms with Crippen LogP contribution in [0.1, 0.15) is 17.2 Å². The van der Waals surface area contributed by atoms with Gasteiger partial charge < -0.3 is 14.6 Å². The van der Waals surface area contributed by atoms with Crippen LogP contribution in [0.2, 0.25) is 10.0 Å². The minimum atomic E-state index is -1.16. The van der Waals surface area contributed by atoms with E-state index in [-0.39, 0.29) is 10.6 Å². The fraction of sp³-hybridized carbons (Fsp3) is 0.200. The predicted octanol–water partition coefficient (Wildman–Crippen LogP) is 3.99. The zero-order valence-electron chi connectivity index (χ0n) is 10.8. The van der Waals surface area contributed by atoms with Crippen LogP contribution in [0.25, 0.3) is 0 Å². The molecule has 6 heteroatoms. The molecular formula is C15H11Cl2FO3. The Morgan fingerprint density at radius 1 is 1.05 bits per heavy atom. The lowest BCUT2D eigenvalue weighted by molar-refractivity contribution is 0.169. The Labute approximate surface area is 130 Å². The van der Waals surface area contributed by atoms with Gasteiger partial charge in [-0.2, -0.15) is 0 Å². The van der Waals surface area contributed by atoms with Crippen LogP contribution in [0.3, 0.4) is 0 Å². The molecule has 2 aromatic carbocycles. The third-order valence-electron chi connectivity index (χ3n) is 3.23. The molecule has 3 rings (SSSR count). The molecule has 0 fully saturated rings. The molecule has 0 spiro atoms. The average molecular weight is 329 g/mol. The van der Waals surface area contributed by atoms with Crippen LogP contribution in [0.15, 0.2) is 30.3 Å². The van der Waals surface area contributed by atoms with E-state index in [0.717, 1.165) is 0 Å². The van der Waals surface area contributed by atoms with Gasteiger partial charge >= 0.3 is 0 Å². The number of rotatable bonds is 2. The minimum absolute atomic E-state index is 0.129. The van der Waals surface area contributed by atoms with E-state index in [2.05, 4.69) is 0 Å². The van der Waals surface area contributed by atoms with Gasteiger partial charge in [-0.05, 0) is 12.1 Å². The Morgan fingerprint density at radius 2 is 1.71 bits per heavy atom. The van der Waals surface area contributed by atoms with E-state index in [9.17, 15) is 9.50 Å². The molecule has 0 saturated carbocycles. The van der Waals surface area contributed by atoms with Crippen LogP contribution in [0.4, 0.5) is 4.39 Å². The molecule has 110 valence electrons. The lowest BCUT2D eigenvalue weighted by Crippen LogP contribution is -2.16. The Bertz CT molecular complexity index is 691. The number of benzene rings is 2. The van der Waals surface area contributed by atoms with Gasteiger partial charge in [0.15, 0.2) is 11.5 Å². The Kier molecular flexibility index (Phi) is 3.93. The van der Waals surface area contributed by atoms with Crippen molar-refractivity contribution < 1.29 is 19.0 Å². The first-order valence-corrected chi connectivity index (χ1v) is 7.04. The van der Waals surface area contributed by atoms with E-state index in [4.69, 9.17) is 32.7 Å². The summed E-state index contributed by atoms with van der Waals surface area (Å²) in [4.78, 5) is 0. The summed E-state index contributed by atoms with van der Waals surface area (Å²) in [6.45, 7) is 0.867.